The number of carbonyl (C=O) groups excluding carboxylic acids is 1. The molecule has 0 radical (unpaired) electrons. The highest BCUT2D eigenvalue weighted by molar-refractivity contribution is 5.85. The SMILES string of the molecule is COCc1ccccc1CNC(=O)C1CNC1.Cl. The number of ether oxygens (including phenoxy) is 1. The van der Waals surface area contributed by atoms with Gasteiger partial charge in [0.25, 0.3) is 0 Å². The van der Waals surface area contributed by atoms with Crippen LogP contribution in [0.2, 0.25) is 0 Å². The monoisotopic (exact) mass is 270 g/mol. The molecule has 0 atom stereocenters. The van der Waals surface area contributed by atoms with Gasteiger partial charge in [-0.25, -0.2) is 0 Å². The fourth-order valence-electron chi connectivity index (χ4n) is 1.83. The summed E-state index contributed by atoms with van der Waals surface area (Å²) in [5.41, 5.74) is 2.25. The molecule has 1 amide bonds. The highest BCUT2D eigenvalue weighted by Gasteiger charge is 2.24. The second kappa shape index (κ2) is 7.36. The van der Waals surface area contributed by atoms with E-state index in [1.807, 2.05) is 24.3 Å². The zero-order valence-electron chi connectivity index (χ0n) is 10.4. The average Bonchev–Trinajstić information content (AvgIpc) is 2.26. The van der Waals surface area contributed by atoms with E-state index >= 15 is 0 Å². The predicted molar refractivity (Wildman–Crippen MR) is 72.6 cm³/mol. The number of hydrogen-bond donors (Lipinski definition) is 2. The second-order valence-corrected chi connectivity index (χ2v) is 4.27. The van der Waals surface area contributed by atoms with E-state index in [4.69, 9.17) is 4.74 Å². The van der Waals surface area contributed by atoms with Gasteiger partial charge in [0.1, 0.15) is 0 Å². The topological polar surface area (TPSA) is 50.4 Å². The van der Waals surface area contributed by atoms with Crippen molar-refractivity contribution in [2.45, 2.75) is 13.2 Å². The lowest BCUT2D eigenvalue weighted by Gasteiger charge is -2.26. The van der Waals surface area contributed by atoms with Crippen LogP contribution in [0.15, 0.2) is 24.3 Å². The summed E-state index contributed by atoms with van der Waals surface area (Å²) in [4.78, 5) is 11.7. The van der Waals surface area contributed by atoms with Crippen LogP contribution in [0.1, 0.15) is 11.1 Å². The van der Waals surface area contributed by atoms with Gasteiger partial charge in [0, 0.05) is 26.7 Å². The molecule has 0 spiro atoms. The minimum Gasteiger partial charge on any atom is -0.380 e. The van der Waals surface area contributed by atoms with Crippen LogP contribution >= 0.6 is 12.4 Å². The minimum absolute atomic E-state index is 0. The van der Waals surface area contributed by atoms with Gasteiger partial charge in [0.05, 0.1) is 12.5 Å². The van der Waals surface area contributed by atoms with Gasteiger partial charge in [-0.15, -0.1) is 12.4 Å². The molecule has 1 aromatic rings. The highest BCUT2D eigenvalue weighted by Crippen LogP contribution is 2.10. The third kappa shape index (κ3) is 3.70. The standard InChI is InChI=1S/C13H18N2O2.ClH/c1-17-9-11-5-3-2-4-10(11)8-15-13(16)12-6-14-7-12;/h2-5,12,14H,6-9H2,1H3,(H,15,16);1H. The van der Waals surface area contributed by atoms with E-state index in [-0.39, 0.29) is 24.2 Å². The van der Waals surface area contributed by atoms with Crippen LogP contribution in [0.25, 0.3) is 0 Å². The van der Waals surface area contributed by atoms with Crippen LogP contribution < -0.4 is 10.6 Å². The van der Waals surface area contributed by atoms with E-state index in [0.717, 1.165) is 24.2 Å². The lowest BCUT2D eigenvalue weighted by Crippen LogP contribution is -2.50. The highest BCUT2D eigenvalue weighted by atomic mass is 35.5. The van der Waals surface area contributed by atoms with Gasteiger partial charge in [0.15, 0.2) is 0 Å². The molecule has 2 rings (SSSR count). The van der Waals surface area contributed by atoms with Crippen molar-refractivity contribution in [1.82, 2.24) is 10.6 Å². The van der Waals surface area contributed by atoms with Crippen LogP contribution in [0.5, 0.6) is 0 Å². The second-order valence-electron chi connectivity index (χ2n) is 4.27. The van der Waals surface area contributed by atoms with Crippen LogP contribution in [0.4, 0.5) is 0 Å². The van der Waals surface area contributed by atoms with Crippen molar-refractivity contribution in [2.75, 3.05) is 20.2 Å². The number of amides is 1. The lowest BCUT2D eigenvalue weighted by molar-refractivity contribution is -0.126. The van der Waals surface area contributed by atoms with Crippen molar-refractivity contribution in [3.63, 3.8) is 0 Å². The summed E-state index contributed by atoms with van der Waals surface area (Å²) < 4.78 is 5.13. The number of carbonyl (C=O) groups is 1. The maximum atomic E-state index is 11.7. The number of benzene rings is 1. The number of rotatable bonds is 5. The van der Waals surface area contributed by atoms with E-state index in [0.29, 0.717) is 13.2 Å². The molecule has 0 unspecified atom stereocenters. The van der Waals surface area contributed by atoms with Crippen LogP contribution in [0, 0.1) is 5.92 Å². The Morgan fingerprint density at radius 2 is 2.06 bits per heavy atom. The zero-order valence-corrected chi connectivity index (χ0v) is 11.3. The molecule has 1 aliphatic heterocycles. The van der Waals surface area contributed by atoms with Gasteiger partial charge in [-0.2, -0.15) is 0 Å². The van der Waals surface area contributed by atoms with Crippen molar-refractivity contribution in [3.8, 4) is 0 Å². The molecular formula is C13H19ClN2O2. The normalized spacial score (nSPS) is 14.5. The largest absolute Gasteiger partial charge is 0.380 e. The van der Waals surface area contributed by atoms with Crippen molar-refractivity contribution < 1.29 is 9.53 Å². The summed E-state index contributed by atoms with van der Waals surface area (Å²) in [7, 11) is 1.68. The lowest BCUT2D eigenvalue weighted by atomic mass is 10.0. The molecule has 1 fully saturated rings. The number of methoxy groups -OCH3 is 1. The first-order valence-electron chi connectivity index (χ1n) is 5.85. The van der Waals surface area contributed by atoms with Crippen molar-refractivity contribution >= 4 is 18.3 Å². The number of halogens is 1. The zero-order chi connectivity index (χ0) is 12.1. The molecule has 5 heteroatoms. The minimum atomic E-state index is 0. The maximum Gasteiger partial charge on any atom is 0.225 e. The molecule has 1 aliphatic rings. The smallest absolute Gasteiger partial charge is 0.225 e. The van der Waals surface area contributed by atoms with Crippen LogP contribution in [-0.4, -0.2) is 26.1 Å². The Morgan fingerprint density at radius 1 is 1.39 bits per heavy atom. The van der Waals surface area contributed by atoms with E-state index in [1.54, 1.807) is 7.11 Å². The first kappa shape index (κ1) is 15.0. The molecular weight excluding hydrogens is 252 g/mol. The summed E-state index contributed by atoms with van der Waals surface area (Å²) in [5.74, 6) is 0.278. The van der Waals surface area contributed by atoms with Crippen LogP contribution in [-0.2, 0) is 22.7 Å². The van der Waals surface area contributed by atoms with Gasteiger partial charge in [0.2, 0.25) is 5.91 Å². The van der Waals surface area contributed by atoms with Gasteiger partial charge < -0.3 is 15.4 Å². The maximum absolute atomic E-state index is 11.7. The predicted octanol–water partition coefficient (Wildman–Crippen LogP) is 1.09. The third-order valence-electron chi connectivity index (χ3n) is 3.02. The Hall–Kier alpha value is -1.10. The molecule has 0 saturated carbocycles. The summed E-state index contributed by atoms with van der Waals surface area (Å²) >= 11 is 0. The molecule has 1 heterocycles. The van der Waals surface area contributed by atoms with E-state index in [2.05, 4.69) is 10.6 Å². The van der Waals surface area contributed by atoms with E-state index in [1.165, 1.54) is 0 Å². The fraction of sp³-hybridized carbons (Fsp3) is 0.462. The summed E-state index contributed by atoms with van der Waals surface area (Å²) in [6.45, 7) is 2.75. The molecule has 4 nitrogen and oxygen atoms in total. The number of hydrogen-bond acceptors (Lipinski definition) is 3. The van der Waals surface area contributed by atoms with Gasteiger partial charge in [-0.3, -0.25) is 4.79 Å². The molecule has 0 aromatic heterocycles. The van der Waals surface area contributed by atoms with Crippen LogP contribution in [0.3, 0.4) is 0 Å². The Morgan fingerprint density at radius 3 is 2.61 bits per heavy atom. The molecule has 1 saturated heterocycles. The Labute approximate surface area is 114 Å². The third-order valence-corrected chi connectivity index (χ3v) is 3.02. The van der Waals surface area contributed by atoms with Gasteiger partial charge >= 0.3 is 0 Å². The van der Waals surface area contributed by atoms with Gasteiger partial charge in [-0.1, -0.05) is 24.3 Å². The molecule has 0 bridgehead atoms. The molecule has 100 valence electrons. The quantitative estimate of drug-likeness (QED) is 0.842. The average molecular weight is 271 g/mol. The Balaban J connectivity index is 0.00000162. The summed E-state index contributed by atoms with van der Waals surface area (Å²) in [5, 5.41) is 6.06. The van der Waals surface area contributed by atoms with Crippen molar-refractivity contribution in [1.29, 1.82) is 0 Å². The molecule has 18 heavy (non-hydrogen) atoms. The van der Waals surface area contributed by atoms with Crippen molar-refractivity contribution in [2.24, 2.45) is 5.92 Å². The van der Waals surface area contributed by atoms with Crippen molar-refractivity contribution in [3.05, 3.63) is 35.4 Å². The molecule has 1 aromatic carbocycles. The fourth-order valence-corrected chi connectivity index (χ4v) is 1.83. The number of nitrogens with one attached hydrogen (secondary N) is 2. The summed E-state index contributed by atoms with van der Waals surface area (Å²) in [6, 6.07) is 8.00. The first-order valence-corrected chi connectivity index (χ1v) is 5.85. The summed E-state index contributed by atoms with van der Waals surface area (Å²) in [6.07, 6.45) is 0. The van der Waals surface area contributed by atoms with Gasteiger partial charge in [-0.05, 0) is 11.1 Å². The molecule has 0 aliphatic carbocycles. The van der Waals surface area contributed by atoms with E-state index < -0.39 is 0 Å². The van der Waals surface area contributed by atoms with E-state index in [9.17, 15) is 4.79 Å². The molecule has 2 N–H and O–H groups in total. The Kier molecular flexibility index (Phi) is 6.12. The Bertz CT molecular complexity index is 394. The first-order chi connectivity index (χ1) is 8.31.